The zero-order valence-electron chi connectivity index (χ0n) is 34.0. The molecule has 318 valence electrons. The monoisotopic (exact) mass is 843 g/mol. The van der Waals surface area contributed by atoms with E-state index in [2.05, 4.69) is 45.9 Å². The molecule has 0 unspecified atom stereocenters. The van der Waals surface area contributed by atoms with Gasteiger partial charge in [-0.25, -0.2) is 0 Å². The Labute approximate surface area is 354 Å². The zero-order valence-corrected chi connectivity index (χ0v) is 34.0. The lowest BCUT2D eigenvalue weighted by molar-refractivity contribution is 0.407. The number of aromatic hydroxyl groups is 4. The molecule has 0 aliphatic carbocycles. The van der Waals surface area contributed by atoms with Gasteiger partial charge in [0.25, 0.3) is 0 Å². The molecule has 5 aromatic carbocycles. The number of ether oxygens (including phenoxy) is 6. The fraction of sp³-hybridized carbons (Fsp3) is 0.163. The second-order valence-corrected chi connectivity index (χ2v) is 13.2. The van der Waals surface area contributed by atoms with Gasteiger partial charge < -0.3 is 64.8 Å². The van der Waals surface area contributed by atoms with Crippen LogP contribution in [0, 0.1) is 0 Å². The lowest BCUT2D eigenvalue weighted by Gasteiger charge is -2.15. The van der Waals surface area contributed by atoms with E-state index >= 15 is 0 Å². The smallest absolute Gasteiger partial charge is 0.327 e. The number of nitrogens with zero attached hydrogens (tertiary/aromatic N) is 6. The molecule has 0 saturated carbocycles. The Hall–Kier alpha value is -8.48. The molecular formula is C43H41N9O10. The SMILES string of the molecule is COc1ccc(O)c(Cc2nc(Nc3cc(OC)ccc3O)nc(Oc3ccc(OC)cc3Cc3nc(Nc4cc(OC)ccc4O)nc(Nc4cc(OC)ccc4O)n3)n2)c1. The molecule has 0 radical (unpaired) electrons. The third kappa shape index (κ3) is 10.0. The van der Waals surface area contributed by atoms with E-state index < -0.39 is 0 Å². The number of phenols is 4. The summed E-state index contributed by atoms with van der Waals surface area (Å²) in [6, 6.07) is 23.6. The molecule has 0 spiro atoms. The quantitative estimate of drug-likeness (QED) is 0.0450. The summed E-state index contributed by atoms with van der Waals surface area (Å²) in [5.74, 6) is 2.90. The van der Waals surface area contributed by atoms with E-state index in [-0.39, 0.29) is 94.2 Å². The number of methoxy groups -OCH3 is 5. The van der Waals surface area contributed by atoms with Crippen molar-refractivity contribution in [3.05, 3.63) is 114 Å². The Balaban J connectivity index is 1.28. The normalized spacial score (nSPS) is 10.7. The Bertz CT molecular complexity index is 2570. The number of aromatic nitrogens is 6. The van der Waals surface area contributed by atoms with Gasteiger partial charge in [-0.1, -0.05) is 0 Å². The van der Waals surface area contributed by atoms with E-state index in [0.717, 1.165) is 0 Å². The van der Waals surface area contributed by atoms with Crippen LogP contribution < -0.4 is 44.4 Å². The minimum atomic E-state index is -0.143. The number of phenolic OH excluding ortho intramolecular Hbond substituents is 4. The highest BCUT2D eigenvalue weighted by Crippen LogP contribution is 2.35. The molecule has 7 aromatic rings. The summed E-state index contributed by atoms with van der Waals surface area (Å²) in [6.45, 7) is 0. The predicted molar refractivity (Wildman–Crippen MR) is 227 cm³/mol. The maximum absolute atomic E-state index is 10.7. The minimum Gasteiger partial charge on any atom is -0.508 e. The number of hydrogen-bond acceptors (Lipinski definition) is 19. The highest BCUT2D eigenvalue weighted by molar-refractivity contribution is 5.68. The summed E-state index contributed by atoms with van der Waals surface area (Å²) in [5.41, 5.74) is 1.74. The van der Waals surface area contributed by atoms with Gasteiger partial charge in [0.15, 0.2) is 0 Å². The predicted octanol–water partition coefficient (Wildman–Crippen LogP) is 7.13. The second-order valence-electron chi connectivity index (χ2n) is 13.2. The first-order chi connectivity index (χ1) is 30.0. The van der Waals surface area contributed by atoms with E-state index in [4.69, 9.17) is 28.4 Å². The molecule has 0 aliphatic heterocycles. The number of rotatable bonds is 17. The Morgan fingerprint density at radius 3 is 1.24 bits per heavy atom. The van der Waals surface area contributed by atoms with Crippen molar-refractivity contribution in [2.24, 2.45) is 0 Å². The first-order valence-electron chi connectivity index (χ1n) is 18.7. The first kappa shape index (κ1) is 41.7. The summed E-state index contributed by atoms with van der Waals surface area (Å²) < 4.78 is 33.4. The fourth-order valence-corrected chi connectivity index (χ4v) is 5.97. The first-order valence-corrected chi connectivity index (χ1v) is 18.7. The van der Waals surface area contributed by atoms with Crippen molar-refractivity contribution >= 4 is 34.9 Å². The number of benzene rings is 5. The lowest BCUT2D eigenvalue weighted by atomic mass is 10.1. The average Bonchev–Trinajstić information content (AvgIpc) is 3.27. The van der Waals surface area contributed by atoms with Crippen molar-refractivity contribution in [1.29, 1.82) is 0 Å². The van der Waals surface area contributed by atoms with Crippen molar-refractivity contribution in [1.82, 2.24) is 29.9 Å². The van der Waals surface area contributed by atoms with Crippen molar-refractivity contribution < 1.29 is 48.8 Å². The molecule has 0 aliphatic rings. The average molecular weight is 844 g/mol. The third-order valence-electron chi connectivity index (χ3n) is 9.15. The van der Waals surface area contributed by atoms with Gasteiger partial charge in [0.05, 0.1) is 52.6 Å². The molecule has 2 heterocycles. The van der Waals surface area contributed by atoms with Gasteiger partial charge in [-0.05, 0) is 72.8 Å². The molecule has 7 N–H and O–H groups in total. The van der Waals surface area contributed by atoms with Crippen LogP contribution in [-0.2, 0) is 12.8 Å². The highest BCUT2D eigenvalue weighted by Gasteiger charge is 2.19. The zero-order chi connectivity index (χ0) is 43.8. The standard InChI is InChI=1S/C43H41N9O10/c1-57-25-6-11-33(53)23(16-25)18-39-49-42(46-32-22-29(61-5)9-14-36(32)56)52-43(50-39)62-37-15-10-26(58-2)17-24(37)19-38-47-40(44-30-20-27(59-3)7-12-34(30)54)51-41(48-38)45-31-21-28(60-4)8-13-35(31)55/h6-17,20-22,53-56H,18-19H2,1-5H3,(H,46,49,50,52)(H2,44,45,47,48,51). The summed E-state index contributed by atoms with van der Waals surface area (Å²) in [7, 11) is 7.54. The molecule has 19 nitrogen and oxygen atoms in total. The Morgan fingerprint density at radius 1 is 0.403 bits per heavy atom. The van der Waals surface area contributed by atoms with E-state index in [9.17, 15) is 20.4 Å². The molecule has 62 heavy (non-hydrogen) atoms. The molecule has 0 saturated heterocycles. The van der Waals surface area contributed by atoms with Crippen LogP contribution in [0.2, 0.25) is 0 Å². The molecule has 0 amide bonds. The largest absolute Gasteiger partial charge is 0.508 e. The molecular weight excluding hydrogens is 803 g/mol. The van der Waals surface area contributed by atoms with Crippen molar-refractivity contribution in [3.63, 3.8) is 0 Å². The molecule has 2 aromatic heterocycles. The van der Waals surface area contributed by atoms with E-state index in [1.54, 1.807) is 66.7 Å². The molecule has 7 rings (SSSR count). The summed E-state index contributed by atoms with van der Waals surface area (Å²) in [4.78, 5) is 27.5. The van der Waals surface area contributed by atoms with Crippen LogP contribution in [-0.4, -0.2) is 85.9 Å². The van der Waals surface area contributed by atoms with Gasteiger partial charge in [-0.3, -0.25) is 0 Å². The van der Waals surface area contributed by atoms with Crippen LogP contribution >= 0.6 is 0 Å². The van der Waals surface area contributed by atoms with Gasteiger partial charge in [-0.15, -0.1) is 0 Å². The Kier molecular flexibility index (Phi) is 12.5. The summed E-state index contributed by atoms with van der Waals surface area (Å²) in [6.07, 6.45) is 0.0588. The maximum Gasteiger partial charge on any atom is 0.327 e. The van der Waals surface area contributed by atoms with Crippen LogP contribution in [0.15, 0.2) is 91.0 Å². The summed E-state index contributed by atoms with van der Waals surface area (Å²) in [5, 5.41) is 51.8. The molecule has 0 atom stereocenters. The Morgan fingerprint density at radius 2 is 0.774 bits per heavy atom. The van der Waals surface area contributed by atoms with Crippen LogP contribution in [0.25, 0.3) is 0 Å². The van der Waals surface area contributed by atoms with Gasteiger partial charge in [0.2, 0.25) is 17.8 Å². The van der Waals surface area contributed by atoms with Crippen LogP contribution in [0.4, 0.5) is 34.9 Å². The molecule has 19 heteroatoms. The number of nitrogens with one attached hydrogen (secondary N) is 3. The van der Waals surface area contributed by atoms with Gasteiger partial charge in [0, 0.05) is 42.2 Å². The molecule has 0 bridgehead atoms. The number of anilines is 6. The maximum atomic E-state index is 10.7. The van der Waals surface area contributed by atoms with E-state index in [1.807, 2.05) is 0 Å². The van der Waals surface area contributed by atoms with Gasteiger partial charge in [0.1, 0.15) is 69.1 Å². The van der Waals surface area contributed by atoms with Crippen LogP contribution in [0.3, 0.4) is 0 Å². The molecule has 0 fully saturated rings. The van der Waals surface area contributed by atoms with Gasteiger partial charge in [-0.2, -0.15) is 29.9 Å². The fourth-order valence-electron chi connectivity index (χ4n) is 5.97. The van der Waals surface area contributed by atoms with Gasteiger partial charge >= 0.3 is 6.01 Å². The lowest BCUT2D eigenvalue weighted by Crippen LogP contribution is -2.09. The van der Waals surface area contributed by atoms with Crippen molar-refractivity contribution in [2.45, 2.75) is 12.8 Å². The second kappa shape index (κ2) is 18.6. The van der Waals surface area contributed by atoms with Crippen molar-refractivity contribution in [3.8, 4) is 63.5 Å². The third-order valence-corrected chi connectivity index (χ3v) is 9.15. The highest BCUT2D eigenvalue weighted by atomic mass is 16.5. The topological polar surface area (TPSA) is 250 Å². The van der Waals surface area contributed by atoms with Crippen LogP contribution in [0.5, 0.6) is 63.5 Å². The van der Waals surface area contributed by atoms with Crippen LogP contribution in [0.1, 0.15) is 22.8 Å². The number of hydrogen-bond donors (Lipinski definition) is 7. The van der Waals surface area contributed by atoms with E-state index in [1.165, 1.54) is 59.8 Å². The van der Waals surface area contributed by atoms with E-state index in [0.29, 0.717) is 39.9 Å². The minimum absolute atomic E-state index is 0.00521. The van der Waals surface area contributed by atoms with Crippen molar-refractivity contribution in [2.75, 3.05) is 51.5 Å². The summed E-state index contributed by atoms with van der Waals surface area (Å²) >= 11 is 0.